The summed E-state index contributed by atoms with van der Waals surface area (Å²) < 4.78 is 0. The van der Waals surface area contributed by atoms with Gasteiger partial charge in [-0.1, -0.05) is 36.4 Å². The Hall–Kier alpha value is -4.54. The van der Waals surface area contributed by atoms with Crippen LogP contribution < -0.4 is 16.4 Å². The molecule has 3 rings (SSSR count). The molecule has 0 aliphatic rings. The summed E-state index contributed by atoms with van der Waals surface area (Å²) in [6.07, 6.45) is -2.02. The van der Waals surface area contributed by atoms with Gasteiger partial charge in [0.25, 0.3) is 0 Å². The Balaban J connectivity index is 1.85. The Morgan fingerprint density at radius 1 is 0.889 bits per heavy atom. The van der Waals surface area contributed by atoms with Crippen molar-refractivity contribution < 1.29 is 29.7 Å². The fourth-order valence-corrected chi connectivity index (χ4v) is 3.65. The lowest BCUT2D eigenvalue weighted by Gasteiger charge is -2.22. The van der Waals surface area contributed by atoms with Gasteiger partial charge in [-0.15, -0.1) is 0 Å². The molecule has 36 heavy (non-hydrogen) atoms. The molecule has 0 heterocycles. The van der Waals surface area contributed by atoms with Crippen LogP contribution in [0.1, 0.15) is 57.8 Å². The van der Waals surface area contributed by atoms with Crippen LogP contribution in [-0.2, 0) is 9.59 Å². The van der Waals surface area contributed by atoms with Gasteiger partial charge in [-0.05, 0) is 54.4 Å². The number of nitrogen functional groups attached to an aromatic ring is 1. The Labute approximate surface area is 206 Å². The molecular formula is C26H26N4O6. The number of anilines is 1. The molecule has 0 saturated heterocycles. The van der Waals surface area contributed by atoms with Crippen molar-refractivity contribution in [2.45, 2.75) is 25.2 Å². The minimum atomic E-state index is -2.02. The van der Waals surface area contributed by atoms with Crippen molar-refractivity contribution in [1.82, 2.24) is 5.32 Å². The Morgan fingerprint density at radius 3 is 2.08 bits per heavy atom. The normalized spacial score (nSPS) is 12.4. The SMILES string of the molecule is CC(NC(=O)C(C(=O)Nc1ccc(C(=N)N)cc1)c1ccccc1)c1ccc(C(=O)O)c(C(O)O)c1. The van der Waals surface area contributed by atoms with Crippen LogP contribution in [0, 0.1) is 5.41 Å². The van der Waals surface area contributed by atoms with E-state index in [1.54, 1.807) is 61.5 Å². The van der Waals surface area contributed by atoms with Gasteiger partial charge in [0.2, 0.25) is 11.8 Å². The van der Waals surface area contributed by atoms with Crippen molar-refractivity contribution in [2.24, 2.45) is 5.73 Å². The van der Waals surface area contributed by atoms with Gasteiger partial charge in [0.1, 0.15) is 11.8 Å². The van der Waals surface area contributed by atoms with Crippen molar-refractivity contribution in [3.05, 3.63) is 101 Å². The highest BCUT2D eigenvalue weighted by Crippen LogP contribution is 2.25. The number of carbonyl (C=O) groups is 3. The predicted octanol–water partition coefficient (Wildman–Crippen LogP) is 2.25. The fourth-order valence-electron chi connectivity index (χ4n) is 3.65. The van der Waals surface area contributed by atoms with Crippen molar-refractivity contribution in [2.75, 3.05) is 5.32 Å². The first-order chi connectivity index (χ1) is 17.1. The molecule has 0 fully saturated rings. The van der Waals surface area contributed by atoms with Crippen LogP contribution in [0.4, 0.5) is 5.69 Å². The fraction of sp³-hybridized carbons (Fsp3) is 0.154. The number of amidine groups is 1. The van der Waals surface area contributed by atoms with Gasteiger partial charge in [0.05, 0.1) is 11.6 Å². The van der Waals surface area contributed by atoms with Crippen LogP contribution >= 0.6 is 0 Å². The maximum absolute atomic E-state index is 13.3. The van der Waals surface area contributed by atoms with E-state index in [-0.39, 0.29) is 17.0 Å². The van der Waals surface area contributed by atoms with Crippen molar-refractivity contribution in [1.29, 1.82) is 5.41 Å². The number of aromatic carboxylic acids is 1. The van der Waals surface area contributed by atoms with E-state index in [9.17, 15) is 29.7 Å². The number of benzene rings is 3. The van der Waals surface area contributed by atoms with Crippen LogP contribution in [0.3, 0.4) is 0 Å². The highest BCUT2D eigenvalue weighted by atomic mass is 16.5. The third kappa shape index (κ3) is 6.12. The van der Waals surface area contributed by atoms with Gasteiger partial charge < -0.3 is 31.7 Å². The summed E-state index contributed by atoms with van der Waals surface area (Å²) in [6, 6.07) is 18.0. The van der Waals surface area contributed by atoms with Crippen LogP contribution in [0.15, 0.2) is 72.8 Å². The summed E-state index contributed by atoms with van der Waals surface area (Å²) >= 11 is 0. The Morgan fingerprint density at radius 2 is 1.53 bits per heavy atom. The molecule has 2 atom stereocenters. The van der Waals surface area contributed by atoms with E-state index in [1.807, 2.05) is 0 Å². The first-order valence-corrected chi connectivity index (χ1v) is 10.9. The lowest BCUT2D eigenvalue weighted by Crippen LogP contribution is -2.38. The topological polar surface area (TPSA) is 186 Å². The number of nitrogens with two attached hydrogens (primary N) is 1. The largest absolute Gasteiger partial charge is 0.478 e. The molecule has 0 aromatic heterocycles. The summed E-state index contributed by atoms with van der Waals surface area (Å²) in [7, 11) is 0. The zero-order valence-electron chi connectivity index (χ0n) is 19.3. The van der Waals surface area contributed by atoms with Crippen LogP contribution in [-0.4, -0.2) is 38.9 Å². The molecule has 0 saturated carbocycles. The molecule has 8 N–H and O–H groups in total. The molecule has 186 valence electrons. The van der Waals surface area contributed by atoms with E-state index in [0.717, 1.165) is 0 Å². The average Bonchev–Trinajstić information content (AvgIpc) is 2.84. The molecule has 10 heteroatoms. The third-order valence-electron chi connectivity index (χ3n) is 5.56. The summed E-state index contributed by atoms with van der Waals surface area (Å²) in [5.41, 5.74) is 6.74. The van der Waals surface area contributed by atoms with Gasteiger partial charge in [0.15, 0.2) is 6.29 Å². The number of aliphatic hydroxyl groups is 2. The molecule has 0 radical (unpaired) electrons. The molecule has 3 aromatic carbocycles. The minimum Gasteiger partial charge on any atom is -0.478 e. The average molecular weight is 491 g/mol. The van der Waals surface area contributed by atoms with E-state index in [1.165, 1.54) is 18.2 Å². The second kappa shape index (κ2) is 11.3. The van der Waals surface area contributed by atoms with Crippen LogP contribution in [0.2, 0.25) is 0 Å². The first-order valence-electron chi connectivity index (χ1n) is 10.9. The van der Waals surface area contributed by atoms with Crippen molar-refractivity contribution in [3.8, 4) is 0 Å². The standard InChI is InChI=1S/C26H26N4O6/c1-14(17-9-12-19(25(33)34)20(13-17)26(35)36)29-23(31)21(15-5-3-2-4-6-15)24(32)30-18-10-7-16(8-11-18)22(27)28/h2-14,21,26,35-36H,1H3,(H3,27,28)(H,29,31)(H,30,32)(H,33,34). The molecule has 2 amide bonds. The Kier molecular flexibility index (Phi) is 8.15. The zero-order valence-corrected chi connectivity index (χ0v) is 19.3. The van der Waals surface area contributed by atoms with Crippen molar-refractivity contribution >= 4 is 29.3 Å². The lowest BCUT2D eigenvalue weighted by atomic mass is 9.95. The van der Waals surface area contributed by atoms with Crippen LogP contribution in [0.25, 0.3) is 0 Å². The maximum atomic E-state index is 13.3. The number of carbonyl (C=O) groups excluding carboxylic acids is 2. The number of hydrogen-bond acceptors (Lipinski definition) is 6. The smallest absolute Gasteiger partial charge is 0.336 e. The number of nitrogens with one attached hydrogen (secondary N) is 3. The van der Waals surface area contributed by atoms with Crippen molar-refractivity contribution in [3.63, 3.8) is 0 Å². The quantitative estimate of drug-likeness (QED) is 0.104. The summed E-state index contributed by atoms with van der Waals surface area (Å²) in [5, 5.41) is 41.3. The van der Waals surface area contributed by atoms with E-state index < -0.39 is 36.0 Å². The number of carboxylic acids is 1. The predicted molar refractivity (Wildman–Crippen MR) is 132 cm³/mol. The third-order valence-corrected chi connectivity index (χ3v) is 5.56. The number of hydrogen-bond donors (Lipinski definition) is 7. The Bertz CT molecular complexity index is 1280. The van der Waals surface area contributed by atoms with E-state index in [2.05, 4.69) is 10.6 Å². The minimum absolute atomic E-state index is 0.114. The monoisotopic (exact) mass is 490 g/mol. The van der Waals surface area contributed by atoms with Gasteiger partial charge in [0, 0.05) is 16.8 Å². The van der Waals surface area contributed by atoms with E-state index in [4.69, 9.17) is 11.1 Å². The number of carboxylic acid groups (broad SMARTS) is 1. The van der Waals surface area contributed by atoms with E-state index in [0.29, 0.717) is 22.4 Å². The van der Waals surface area contributed by atoms with E-state index >= 15 is 0 Å². The van der Waals surface area contributed by atoms with Gasteiger partial charge in [-0.25, -0.2) is 4.79 Å². The molecule has 0 spiro atoms. The second-order valence-corrected chi connectivity index (χ2v) is 8.08. The second-order valence-electron chi connectivity index (χ2n) is 8.08. The summed E-state index contributed by atoms with van der Waals surface area (Å²) in [4.78, 5) is 37.8. The summed E-state index contributed by atoms with van der Waals surface area (Å²) in [5.74, 6) is -3.85. The highest BCUT2D eigenvalue weighted by Gasteiger charge is 2.30. The van der Waals surface area contributed by atoms with Gasteiger partial charge >= 0.3 is 5.97 Å². The first kappa shape index (κ1) is 26.1. The number of aliphatic hydroxyl groups excluding tert-OH is 1. The molecule has 0 bridgehead atoms. The zero-order chi connectivity index (χ0) is 26.4. The molecule has 2 unspecified atom stereocenters. The van der Waals surface area contributed by atoms with Gasteiger partial charge in [-0.3, -0.25) is 15.0 Å². The molecule has 0 aliphatic carbocycles. The number of amides is 2. The van der Waals surface area contributed by atoms with Gasteiger partial charge in [-0.2, -0.15) is 0 Å². The molecule has 0 aliphatic heterocycles. The molecular weight excluding hydrogens is 464 g/mol. The van der Waals surface area contributed by atoms with Crippen LogP contribution in [0.5, 0.6) is 0 Å². The lowest BCUT2D eigenvalue weighted by molar-refractivity contribution is -0.129. The molecule has 3 aromatic rings. The maximum Gasteiger partial charge on any atom is 0.336 e. The highest BCUT2D eigenvalue weighted by molar-refractivity contribution is 6.11. The number of rotatable bonds is 9. The molecule has 10 nitrogen and oxygen atoms in total. The summed E-state index contributed by atoms with van der Waals surface area (Å²) in [6.45, 7) is 1.63.